The van der Waals surface area contributed by atoms with E-state index in [0.29, 0.717) is 12.3 Å². The van der Waals surface area contributed by atoms with Gasteiger partial charge in [0, 0.05) is 18.0 Å². The molecule has 6 heteroatoms. The predicted octanol–water partition coefficient (Wildman–Crippen LogP) is 3.86. The molecule has 28 heavy (non-hydrogen) atoms. The number of carbonyl (C=O) groups is 1. The van der Waals surface area contributed by atoms with Gasteiger partial charge in [-0.25, -0.2) is 4.39 Å². The Hall–Kier alpha value is -2.31. The van der Waals surface area contributed by atoms with Crippen molar-refractivity contribution in [1.82, 2.24) is 14.6 Å². The van der Waals surface area contributed by atoms with Crippen LogP contribution in [0.15, 0.2) is 42.5 Å². The highest BCUT2D eigenvalue weighted by Crippen LogP contribution is 2.30. The van der Waals surface area contributed by atoms with E-state index in [9.17, 15) is 9.18 Å². The molecule has 2 bridgehead atoms. The van der Waals surface area contributed by atoms with Crippen LogP contribution in [0.5, 0.6) is 0 Å². The van der Waals surface area contributed by atoms with E-state index in [-0.39, 0.29) is 17.8 Å². The minimum atomic E-state index is -0.237. The van der Waals surface area contributed by atoms with Gasteiger partial charge in [-0.15, -0.1) is 0 Å². The predicted molar refractivity (Wildman–Crippen MR) is 110 cm³/mol. The number of carbonyl (C=O) groups excluding carboxylic acids is 1. The first-order valence-electron chi connectivity index (χ1n) is 9.82. The zero-order valence-electron chi connectivity index (χ0n) is 15.5. The first kappa shape index (κ1) is 17.8. The van der Waals surface area contributed by atoms with Crippen LogP contribution in [0.1, 0.15) is 18.5 Å². The monoisotopic (exact) mass is 395 g/mol. The van der Waals surface area contributed by atoms with E-state index in [1.54, 1.807) is 12.1 Å². The van der Waals surface area contributed by atoms with Crippen molar-refractivity contribution in [1.29, 1.82) is 0 Å². The van der Waals surface area contributed by atoms with E-state index in [4.69, 9.17) is 0 Å². The van der Waals surface area contributed by atoms with Crippen molar-refractivity contribution in [2.45, 2.75) is 25.3 Å². The minimum Gasteiger partial charge on any atom is -0.351 e. The minimum absolute atomic E-state index is 0.0635. The maximum absolute atomic E-state index is 13.1. The normalized spacial score (nSPS) is 23.8. The molecule has 3 aliphatic rings. The van der Waals surface area contributed by atoms with Crippen molar-refractivity contribution in [2.75, 3.05) is 19.6 Å². The van der Waals surface area contributed by atoms with E-state index in [0.717, 1.165) is 33.5 Å². The quantitative estimate of drug-likeness (QED) is 0.730. The van der Waals surface area contributed by atoms with E-state index in [2.05, 4.69) is 20.7 Å². The number of rotatable bonds is 4. The van der Waals surface area contributed by atoms with Gasteiger partial charge in [0.05, 0.1) is 16.8 Å². The molecule has 3 fully saturated rings. The molecular formula is C22H22FN3OS. The van der Waals surface area contributed by atoms with Gasteiger partial charge in [-0.05, 0) is 72.7 Å². The molecule has 2 aromatic carbocycles. The Labute approximate surface area is 167 Å². The lowest BCUT2D eigenvalue weighted by molar-refractivity contribution is -0.122. The molecule has 0 aliphatic carbocycles. The van der Waals surface area contributed by atoms with Crippen LogP contribution < -0.4 is 5.32 Å². The van der Waals surface area contributed by atoms with Crippen molar-refractivity contribution >= 4 is 27.5 Å². The molecule has 4 nitrogen and oxygen atoms in total. The van der Waals surface area contributed by atoms with Crippen molar-refractivity contribution in [3.63, 3.8) is 0 Å². The zero-order chi connectivity index (χ0) is 19.1. The molecule has 1 aromatic heterocycles. The lowest BCUT2D eigenvalue weighted by Crippen LogP contribution is -2.57. The summed E-state index contributed by atoms with van der Waals surface area (Å²) in [5, 5.41) is 4.27. The molecular weight excluding hydrogens is 373 g/mol. The zero-order valence-corrected chi connectivity index (χ0v) is 16.3. The molecule has 144 valence electrons. The highest BCUT2D eigenvalue weighted by atomic mass is 32.1. The lowest BCUT2D eigenvalue weighted by atomic mass is 9.84. The highest BCUT2D eigenvalue weighted by Gasteiger charge is 2.34. The van der Waals surface area contributed by atoms with Crippen molar-refractivity contribution in [3.8, 4) is 11.1 Å². The number of halogens is 1. The van der Waals surface area contributed by atoms with Crippen molar-refractivity contribution < 1.29 is 9.18 Å². The number of fused-ring (bicyclic) bond motifs is 4. The average molecular weight is 396 g/mol. The second-order valence-corrected chi connectivity index (χ2v) is 8.64. The van der Waals surface area contributed by atoms with Crippen molar-refractivity contribution in [2.24, 2.45) is 5.92 Å². The summed E-state index contributed by atoms with van der Waals surface area (Å²) in [7, 11) is 0. The average Bonchev–Trinajstić information content (AvgIpc) is 3.11. The van der Waals surface area contributed by atoms with Gasteiger partial charge >= 0.3 is 0 Å². The van der Waals surface area contributed by atoms with E-state index in [1.807, 2.05) is 12.1 Å². The Morgan fingerprint density at radius 3 is 2.61 bits per heavy atom. The van der Waals surface area contributed by atoms with Gasteiger partial charge < -0.3 is 10.2 Å². The van der Waals surface area contributed by atoms with Crippen LogP contribution in [0.3, 0.4) is 0 Å². The van der Waals surface area contributed by atoms with Crippen molar-refractivity contribution in [3.05, 3.63) is 54.0 Å². The Morgan fingerprint density at radius 2 is 1.89 bits per heavy atom. The molecule has 6 rings (SSSR count). The Morgan fingerprint density at radius 1 is 1.14 bits per heavy atom. The van der Waals surface area contributed by atoms with Gasteiger partial charge in [-0.2, -0.15) is 4.37 Å². The molecule has 3 aliphatic heterocycles. The lowest BCUT2D eigenvalue weighted by Gasteiger charge is -2.44. The fourth-order valence-corrected chi connectivity index (χ4v) is 5.31. The van der Waals surface area contributed by atoms with Gasteiger partial charge in [0.15, 0.2) is 0 Å². The van der Waals surface area contributed by atoms with Crippen LogP contribution in [-0.2, 0) is 11.2 Å². The van der Waals surface area contributed by atoms with Crippen LogP contribution in [0.2, 0.25) is 0 Å². The molecule has 3 saturated heterocycles. The molecule has 0 radical (unpaired) electrons. The largest absolute Gasteiger partial charge is 0.351 e. The first-order chi connectivity index (χ1) is 13.7. The summed E-state index contributed by atoms with van der Waals surface area (Å²) in [5.74, 6) is 0.451. The maximum atomic E-state index is 13.1. The summed E-state index contributed by atoms with van der Waals surface area (Å²) >= 11 is 1.41. The number of hydrogen-bond donors (Lipinski definition) is 1. The molecule has 0 unspecified atom stereocenters. The number of amides is 1. The third-order valence-electron chi connectivity index (χ3n) is 6.05. The summed E-state index contributed by atoms with van der Waals surface area (Å²) in [6, 6.07) is 12.9. The number of nitrogens with one attached hydrogen (secondary N) is 1. The number of piperidine rings is 3. The second-order valence-electron chi connectivity index (χ2n) is 7.84. The third-order valence-corrected chi connectivity index (χ3v) is 6.90. The first-order valence-corrected chi connectivity index (χ1v) is 10.6. The SMILES string of the molecule is O=C(Cc1nsc2cc(-c3ccc(F)cc3)ccc12)N[C@H]1CN2CCC1CC2. The summed E-state index contributed by atoms with van der Waals surface area (Å²) < 4.78 is 18.7. The summed E-state index contributed by atoms with van der Waals surface area (Å²) in [6.45, 7) is 3.32. The Balaban J connectivity index is 1.31. The molecule has 0 saturated carbocycles. The van der Waals surface area contributed by atoms with Crippen LogP contribution in [-0.4, -0.2) is 40.9 Å². The van der Waals surface area contributed by atoms with E-state index >= 15 is 0 Å². The topological polar surface area (TPSA) is 45.2 Å². The standard InChI is InChI=1S/C22H22FN3OS/c23-17-4-1-14(2-5-17)16-3-6-18-19(25-28-21(18)11-16)12-22(27)24-20-13-26-9-7-15(20)8-10-26/h1-6,11,15,20H,7-10,12-13H2,(H,24,27)/t20-/m0/s1. The fourth-order valence-electron chi connectivity index (χ4n) is 4.48. The van der Waals surface area contributed by atoms with Crippen LogP contribution >= 0.6 is 11.5 Å². The van der Waals surface area contributed by atoms with Crippen LogP contribution in [0, 0.1) is 11.7 Å². The molecule has 1 amide bonds. The van der Waals surface area contributed by atoms with Gasteiger partial charge in [-0.3, -0.25) is 4.79 Å². The van der Waals surface area contributed by atoms with Gasteiger partial charge in [0.2, 0.25) is 5.91 Å². The number of aromatic nitrogens is 1. The fraction of sp³-hybridized carbons (Fsp3) is 0.364. The molecule has 0 spiro atoms. The Bertz CT molecular complexity index is 1010. The molecule has 3 aromatic rings. The summed E-state index contributed by atoms with van der Waals surface area (Å²) in [6.07, 6.45) is 2.70. The van der Waals surface area contributed by atoms with E-state index in [1.165, 1.54) is 49.6 Å². The number of benzene rings is 2. The molecule has 1 N–H and O–H groups in total. The Kier molecular flexibility index (Phi) is 4.61. The van der Waals surface area contributed by atoms with Crippen LogP contribution in [0.25, 0.3) is 21.2 Å². The van der Waals surface area contributed by atoms with E-state index < -0.39 is 0 Å². The molecule has 4 heterocycles. The second kappa shape index (κ2) is 7.26. The van der Waals surface area contributed by atoms with Gasteiger partial charge in [0.1, 0.15) is 5.82 Å². The van der Waals surface area contributed by atoms with Gasteiger partial charge in [-0.1, -0.05) is 24.3 Å². The molecule has 1 atom stereocenters. The third kappa shape index (κ3) is 3.42. The highest BCUT2D eigenvalue weighted by molar-refractivity contribution is 7.13. The summed E-state index contributed by atoms with van der Waals surface area (Å²) in [4.78, 5) is 15.1. The van der Waals surface area contributed by atoms with Gasteiger partial charge in [0.25, 0.3) is 0 Å². The smallest absolute Gasteiger partial charge is 0.226 e. The van der Waals surface area contributed by atoms with Crippen LogP contribution in [0.4, 0.5) is 4.39 Å². The summed E-state index contributed by atoms with van der Waals surface area (Å²) in [5.41, 5.74) is 2.84. The number of hydrogen-bond acceptors (Lipinski definition) is 4. The maximum Gasteiger partial charge on any atom is 0.226 e. The number of nitrogens with zero attached hydrogens (tertiary/aromatic N) is 2.